The molecule has 0 heterocycles. The van der Waals surface area contributed by atoms with E-state index < -0.39 is 0 Å². The highest BCUT2D eigenvalue weighted by Crippen LogP contribution is 2.68. The standard InChI is InChI=1S/C28H37NO2/c1-18-22-12-10-21-23-11-9-20(17-29)27(23,2)15-13-24(21)28(22,3)16-14-25(18)31-26(30)19-7-5-4-6-8-19/h4-8,18,20-25H,9-16H2,1-3H3. The Balaban J connectivity index is 1.32. The number of hydrogen-bond acceptors (Lipinski definition) is 3. The topological polar surface area (TPSA) is 50.1 Å². The molecule has 0 radical (unpaired) electrons. The molecule has 0 amide bonds. The first-order valence-corrected chi connectivity index (χ1v) is 12.5. The van der Waals surface area contributed by atoms with Crippen LogP contribution in [0.4, 0.5) is 0 Å². The number of benzene rings is 1. The van der Waals surface area contributed by atoms with Crippen molar-refractivity contribution in [3.63, 3.8) is 0 Å². The summed E-state index contributed by atoms with van der Waals surface area (Å²) in [5.41, 5.74) is 1.25. The van der Waals surface area contributed by atoms with Crippen molar-refractivity contribution in [1.29, 1.82) is 5.26 Å². The lowest BCUT2D eigenvalue weighted by molar-refractivity contribution is -0.146. The summed E-state index contributed by atoms with van der Waals surface area (Å²) in [6.07, 6.45) is 9.60. The van der Waals surface area contributed by atoms with Crippen LogP contribution >= 0.6 is 0 Å². The molecule has 9 atom stereocenters. The number of nitriles is 1. The van der Waals surface area contributed by atoms with Crippen LogP contribution in [0.5, 0.6) is 0 Å². The molecule has 3 heteroatoms. The third-order valence-electron chi connectivity index (χ3n) is 10.6. The Morgan fingerprint density at radius 3 is 2.35 bits per heavy atom. The number of ether oxygens (including phenoxy) is 1. The van der Waals surface area contributed by atoms with E-state index in [1.165, 1.54) is 38.5 Å². The predicted octanol–water partition coefficient (Wildman–Crippen LogP) is 6.64. The molecule has 1 aromatic rings. The Labute approximate surface area is 187 Å². The fraction of sp³-hybridized carbons (Fsp3) is 0.714. The van der Waals surface area contributed by atoms with Crippen molar-refractivity contribution in [3.8, 4) is 6.07 Å². The molecule has 1 aromatic carbocycles. The van der Waals surface area contributed by atoms with E-state index in [0.717, 1.165) is 30.6 Å². The Bertz CT molecular complexity index is 875. The zero-order chi connectivity index (χ0) is 21.8. The number of carbonyl (C=O) groups is 1. The van der Waals surface area contributed by atoms with Crippen LogP contribution in [0.2, 0.25) is 0 Å². The summed E-state index contributed by atoms with van der Waals surface area (Å²) in [7, 11) is 0. The molecule has 4 aliphatic rings. The average Bonchev–Trinajstić information content (AvgIpc) is 3.12. The number of hydrogen-bond donors (Lipinski definition) is 0. The summed E-state index contributed by atoms with van der Waals surface area (Å²) in [5.74, 6) is 3.43. The van der Waals surface area contributed by atoms with E-state index in [9.17, 15) is 10.1 Å². The second kappa shape index (κ2) is 7.65. The van der Waals surface area contributed by atoms with Gasteiger partial charge < -0.3 is 4.74 Å². The molecule has 166 valence electrons. The van der Waals surface area contributed by atoms with Crippen LogP contribution in [0.25, 0.3) is 0 Å². The minimum absolute atomic E-state index is 0.0330. The van der Waals surface area contributed by atoms with Gasteiger partial charge in [0.2, 0.25) is 0 Å². The second-order valence-corrected chi connectivity index (χ2v) is 11.6. The molecule has 0 bridgehead atoms. The van der Waals surface area contributed by atoms with Gasteiger partial charge in [0.15, 0.2) is 0 Å². The van der Waals surface area contributed by atoms with Crippen LogP contribution in [0.3, 0.4) is 0 Å². The summed E-state index contributed by atoms with van der Waals surface area (Å²) in [6.45, 7) is 7.31. The molecule has 5 rings (SSSR count). The van der Waals surface area contributed by atoms with E-state index in [0.29, 0.717) is 22.8 Å². The first-order chi connectivity index (χ1) is 14.9. The molecule has 4 saturated carbocycles. The highest BCUT2D eigenvalue weighted by molar-refractivity contribution is 5.89. The first-order valence-electron chi connectivity index (χ1n) is 12.5. The van der Waals surface area contributed by atoms with Gasteiger partial charge in [0, 0.05) is 0 Å². The number of fused-ring (bicyclic) bond motifs is 5. The lowest BCUT2D eigenvalue weighted by Gasteiger charge is -2.62. The fourth-order valence-electron chi connectivity index (χ4n) is 8.85. The van der Waals surface area contributed by atoms with Crippen LogP contribution < -0.4 is 0 Å². The second-order valence-electron chi connectivity index (χ2n) is 11.6. The molecule has 0 saturated heterocycles. The maximum absolute atomic E-state index is 12.7. The minimum Gasteiger partial charge on any atom is -0.458 e. The van der Waals surface area contributed by atoms with Crippen LogP contribution in [0.15, 0.2) is 30.3 Å². The third kappa shape index (κ3) is 3.16. The molecule has 0 N–H and O–H groups in total. The molecule has 0 aromatic heterocycles. The van der Waals surface area contributed by atoms with Gasteiger partial charge in [-0.05, 0) is 104 Å². The molecular formula is C28H37NO2. The van der Waals surface area contributed by atoms with E-state index in [4.69, 9.17) is 4.74 Å². The maximum atomic E-state index is 12.7. The number of esters is 1. The Hall–Kier alpha value is -1.82. The van der Waals surface area contributed by atoms with Gasteiger partial charge in [-0.25, -0.2) is 4.79 Å². The quantitative estimate of drug-likeness (QED) is 0.505. The highest BCUT2D eigenvalue weighted by Gasteiger charge is 2.61. The molecule has 3 nitrogen and oxygen atoms in total. The SMILES string of the molecule is CC1C(OC(=O)c2ccccc2)CCC2(C)C1CCC1C3CCC(C#N)C3(C)CCC12. The van der Waals surface area contributed by atoms with Crippen molar-refractivity contribution in [2.24, 2.45) is 46.3 Å². The minimum atomic E-state index is -0.170. The van der Waals surface area contributed by atoms with E-state index >= 15 is 0 Å². The van der Waals surface area contributed by atoms with Gasteiger partial charge in [-0.3, -0.25) is 0 Å². The zero-order valence-corrected chi connectivity index (χ0v) is 19.3. The van der Waals surface area contributed by atoms with Gasteiger partial charge in [0.1, 0.15) is 6.10 Å². The van der Waals surface area contributed by atoms with E-state index in [-0.39, 0.29) is 23.4 Å². The van der Waals surface area contributed by atoms with Crippen molar-refractivity contribution in [1.82, 2.24) is 0 Å². The van der Waals surface area contributed by atoms with Crippen LogP contribution in [0, 0.1) is 57.7 Å². The highest BCUT2D eigenvalue weighted by atomic mass is 16.5. The zero-order valence-electron chi connectivity index (χ0n) is 19.3. The molecule has 4 aliphatic carbocycles. The van der Waals surface area contributed by atoms with Gasteiger partial charge in [0.25, 0.3) is 0 Å². The third-order valence-corrected chi connectivity index (χ3v) is 10.6. The van der Waals surface area contributed by atoms with Crippen molar-refractivity contribution in [2.45, 2.75) is 78.2 Å². The Kier molecular flexibility index (Phi) is 5.19. The summed E-state index contributed by atoms with van der Waals surface area (Å²) in [6, 6.07) is 12.1. The summed E-state index contributed by atoms with van der Waals surface area (Å²) in [4.78, 5) is 12.7. The molecule has 0 spiro atoms. The molecule has 0 aliphatic heterocycles. The van der Waals surface area contributed by atoms with Crippen LogP contribution in [0.1, 0.15) is 82.5 Å². The van der Waals surface area contributed by atoms with E-state index in [1.54, 1.807) is 0 Å². The largest absolute Gasteiger partial charge is 0.458 e. The summed E-state index contributed by atoms with van der Waals surface area (Å²) >= 11 is 0. The van der Waals surface area contributed by atoms with E-state index in [1.807, 2.05) is 30.3 Å². The number of carbonyl (C=O) groups excluding carboxylic acids is 1. The summed E-state index contributed by atoms with van der Waals surface area (Å²) in [5, 5.41) is 9.73. The van der Waals surface area contributed by atoms with Crippen molar-refractivity contribution in [2.75, 3.05) is 0 Å². The van der Waals surface area contributed by atoms with Gasteiger partial charge in [-0.2, -0.15) is 5.26 Å². The average molecular weight is 420 g/mol. The lowest BCUT2D eigenvalue weighted by Crippen LogP contribution is -2.56. The maximum Gasteiger partial charge on any atom is 0.338 e. The Morgan fingerprint density at radius 2 is 1.61 bits per heavy atom. The summed E-state index contributed by atoms with van der Waals surface area (Å²) < 4.78 is 6.06. The van der Waals surface area contributed by atoms with E-state index in [2.05, 4.69) is 26.8 Å². The fourth-order valence-corrected chi connectivity index (χ4v) is 8.85. The predicted molar refractivity (Wildman–Crippen MR) is 121 cm³/mol. The lowest BCUT2D eigenvalue weighted by atomic mass is 9.43. The smallest absolute Gasteiger partial charge is 0.338 e. The normalized spacial score (nSPS) is 46.2. The molecule has 4 fully saturated rings. The van der Waals surface area contributed by atoms with Crippen LogP contribution in [-0.2, 0) is 4.74 Å². The number of nitrogens with zero attached hydrogens (tertiary/aromatic N) is 1. The van der Waals surface area contributed by atoms with Crippen LogP contribution in [-0.4, -0.2) is 12.1 Å². The molecular weight excluding hydrogens is 382 g/mol. The van der Waals surface area contributed by atoms with Gasteiger partial charge in [0.05, 0.1) is 17.6 Å². The Morgan fingerprint density at radius 1 is 0.935 bits per heavy atom. The van der Waals surface area contributed by atoms with Gasteiger partial charge in [-0.15, -0.1) is 0 Å². The monoisotopic (exact) mass is 419 g/mol. The van der Waals surface area contributed by atoms with Gasteiger partial charge in [-0.1, -0.05) is 39.0 Å². The van der Waals surface area contributed by atoms with Crippen molar-refractivity contribution >= 4 is 5.97 Å². The molecule has 31 heavy (non-hydrogen) atoms. The van der Waals surface area contributed by atoms with Gasteiger partial charge >= 0.3 is 5.97 Å². The molecule has 9 unspecified atom stereocenters. The van der Waals surface area contributed by atoms with Crippen molar-refractivity contribution < 1.29 is 9.53 Å². The first kappa shape index (κ1) is 21.0. The van der Waals surface area contributed by atoms with Crippen molar-refractivity contribution in [3.05, 3.63) is 35.9 Å². The number of rotatable bonds is 2.